The van der Waals surface area contributed by atoms with Crippen LogP contribution in [0.4, 0.5) is 26.0 Å². The van der Waals surface area contributed by atoms with Crippen LogP contribution < -0.4 is 29.9 Å². The summed E-state index contributed by atoms with van der Waals surface area (Å²) >= 11 is 5.91. The van der Waals surface area contributed by atoms with Crippen LogP contribution in [0.25, 0.3) is 0 Å². The lowest BCUT2D eigenvalue weighted by molar-refractivity contribution is -0.117. The molecule has 2 aromatic rings. The predicted octanol–water partition coefficient (Wildman–Crippen LogP) is 3.91. The first-order chi connectivity index (χ1) is 18.9. The second kappa shape index (κ2) is 11.3. The largest absolute Gasteiger partial charge is 0.493 e. The second-order valence-electron chi connectivity index (χ2n) is 9.74. The summed E-state index contributed by atoms with van der Waals surface area (Å²) in [6.07, 6.45) is 6.79. The monoisotopic (exact) mass is 559 g/mol. The quantitative estimate of drug-likeness (QED) is 0.369. The average molecular weight is 560 g/mol. The number of fused-ring (bicyclic) bond motifs is 1. The summed E-state index contributed by atoms with van der Waals surface area (Å²) in [6, 6.07) is 2.72. The number of pyridine rings is 1. The first kappa shape index (κ1) is 27.1. The molecule has 2 aliphatic heterocycles. The lowest BCUT2D eigenvalue weighted by atomic mass is 10.1. The number of aromatic nitrogens is 1. The molecule has 2 N–H and O–H groups in total. The number of thiocarbonyl (C=S) groups is 1. The Balaban J connectivity index is 1.51. The summed E-state index contributed by atoms with van der Waals surface area (Å²) in [6.45, 7) is 4.38. The van der Waals surface area contributed by atoms with Gasteiger partial charge in [0.1, 0.15) is 11.5 Å². The van der Waals surface area contributed by atoms with E-state index in [4.69, 9.17) is 26.4 Å². The van der Waals surface area contributed by atoms with E-state index in [9.17, 15) is 4.79 Å². The van der Waals surface area contributed by atoms with Crippen molar-refractivity contribution in [3.8, 4) is 11.5 Å². The van der Waals surface area contributed by atoms with Crippen molar-refractivity contribution in [3.63, 3.8) is 0 Å². The fourth-order valence-corrected chi connectivity index (χ4v) is 5.84. The van der Waals surface area contributed by atoms with Gasteiger partial charge in [-0.1, -0.05) is 19.4 Å². The number of hydrogen-bond donors (Lipinski definition) is 2. The number of rotatable bonds is 8. The molecular weight excluding hydrogens is 528 g/mol. The molecule has 5 rings (SSSR count). The molecule has 0 spiro atoms. The number of benzene rings is 1. The van der Waals surface area contributed by atoms with Crippen molar-refractivity contribution in [1.82, 2.24) is 10.3 Å². The molecule has 2 atom stereocenters. The molecule has 1 saturated carbocycles. The molecule has 1 aliphatic carbocycles. The zero-order chi connectivity index (χ0) is 27.7. The lowest BCUT2D eigenvalue weighted by Gasteiger charge is -2.43. The number of halogens is 2. The summed E-state index contributed by atoms with van der Waals surface area (Å²) in [5.41, 5.74) is 1.28. The van der Waals surface area contributed by atoms with Gasteiger partial charge in [-0.15, -0.1) is 0 Å². The fraction of sp³-hybridized carbons (Fsp3) is 0.444. The minimum absolute atomic E-state index is 0.0716. The molecule has 2 fully saturated rings. The maximum atomic E-state index is 15.5. The Hall–Kier alpha value is -3.51. The smallest absolute Gasteiger partial charge is 0.243 e. The number of hydrogen-bond acceptors (Lipinski definition) is 7. The second-order valence-corrected chi connectivity index (χ2v) is 10.1. The van der Waals surface area contributed by atoms with E-state index < -0.39 is 11.6 Å². The van der Waals surface area contributed by atoms with Crippen LogP contribution in [-0.4, -0.2) is 61.6 Å². The van der Waals surface area contributed by atoms with Gasteiger partial charge in [-0.2, -0.15) is 0 Å². The van der Waals surface area contributed by atoms with Crippen LogP contribution in [0.3, 0.4) is 0 Å². The molecule has 1 amide bonds. The minimum Gasteiger partial charge on any atom is -0.493 e. The van der Waals surface area contributed by atoms with Crippen LogP contribution in [0.5, 0.6) is 11.5 Å². The number of ether oxygens (including phenoxy) is 3. The van der Waals surface area contributed by atoms with Gasteiger partial charge in [0.25, 0.3) is 0 Å². The zero-order valence-electron chi connectivity index (χ0n) is 21.8. The van der Waals surface area contributed by atoms with E-state index in [-0.39, 0.29) is 47.8 Å². The third kappa shape index (κ3) is 5.10. The summed E-state index contributed by atoms with van der Waals surface area (Å²) in [4.78, 5) is 19.9. The Bertz CT molecular complexity index is 1260. The first-order valence-electron chi connectivity index (χ1n) is 12.8. The van der Waals surface area contributed by atoms with Crippen LogP contribution in [0.2, 0.25) is 0 Å². The van der Waals surface area contributed by atoms with Crippen molar-refractivity contribution in [2.45, 2.75) is 50.4 Å². The van der Waals surface area contributed by atoms with E-state index >= 15 is 8.78 Å². The number of nitrogens with zero attached hydrogens (tertiary/aromatic N) is 3. The third-order valence-corrected chi connectivity index (χ3v) is 7.84. The maximum Gasteiger partial charge on any atom is 0.243 e. The van der Waals surface area contributed by atoms with E-state index in [0.717, 1.165) is 36.9 Å². The maximum absolute atomic E-state index is 15.5. The summed E-state index contributed by atoms with van der Waals surface area (Å²) < 4.78 is 46.9. The number of anilines is 3. The van der Waals surface area contributed by atoms with Crippen molar-refractivity contribution in [3.05, 3.63) is 48.2 Å². The van der Waals surface area contributed by atoms with Crippen molar-refractivity contribution >= 4 is 40.4 Å². The Kier molecular flexibility index (Phi) is 7.85. The molecule has 0 radical (unpaired) electrons. The van der Waals surface area contributed by atoms with Gasteiger partial charge in [-0.25, -0.2) is 13.8 Å². The zero-order valence-corrected chi connectivity index (χ0v) is 22.7. The molecule has 0 bridgehead atoms. The van der Waals surface area contributed by atoms with E-state index in [1.54, 1.807) is 6.20 Å². The van der Waals surface area contributed by atoms with Crippen molar-refractivity contribution in [2.24, 2.45) is 0 Å². The van der Waals surface area contributed by atoms with Gasteiger partial charge in [-0.3, -0.25) is 4.79 Å². The van der Waals surface area contributed by atoms with Gasteiger partial charge in [0.2, 0.25) is 5.91 Å². The highest BCUT2D eigenvalue weighted by Crippen LogP contribution is 2.43. The fourth-order valence-electron chi connectivity index (χ4n) is 5.44. The number of carbonyl (C=O) groups excluding carboxylic acids is 1. The highest BCUT2D eigenvalue weighted by atomic mass is 32.1. The molecule has 0 unspecified atom stereocenters. The standard InChI is InChI=1S/C27H31F2N5O4S/c1-4-23(35)32-18-14-38-13-17(18)31-22-9-19-15(11-30-22)12-33(27(39)34(19)16-7-5-6-8-16)26-24(28)20(36-2)10-21(37-3)25(26)29/h4,9-11,16-18H,1,5-8,12-14H2,2-3H3,(H,30,31)(H,32,35)/t17-,18+/m1/s1. The Morgan fingerprint density at radius 3 is 2.46 bits per heavy atom. The molecule has 3 heterocycles. The highest BCUT2D eigenvalue weighted by Gasteiger charge is 2.38. The minimum atomic E-state index is -0.854. The van der Waals surface area contributed by atoms with E-state index in [2.05, 4.69) is 22.2 Å². The molecule has 1 aromatic heterocycles. The molecule has 12 heteroatoms. The van der Waals surface area contributed by atoms with Gasteiger partial charge in [-0.05, 0) is 31.1 Å². The summed E-state index contributed by atoms with van der Waals surface area (Å²) in [5, 5.41) is 6.53. The van der Waals surface area contributed by atoms with Gasteiger partial charge in [0.05, 0.1) is 51.7 Å². The first-order valence-corrected chi connectivity index (χ1v) is 13.2. The number of amides is 1. The Morgan fingerprint density at radius 1 is 1.15 bits per heavy atom. The van der Waals surface area contributed by atoms with Gasteiger partial charge in [0.15, 0.2) is 28.2 Å². The Labute approximate surface area is 231 Å². The SMILES string of the molecule is C=CC(=O)N[C@H]1COC[C@H]1Nc1cc2c(cn1)CN(c1c(F)c(OC)cc(OC)c1F)C(=S)N2C1CCCC1. The molecule has 9 nitrogen and oxygen atoms in total. The Morgan fingerprint density at radius 2 is 1.82 bits per heavy atom. The molecule has 3 aliphatic rings. The predicted molar refractivity (Wildman–Crippen MR) is 148 cm³/mol. The molecule has 1 saturated heterocycles. The van der Waals surface area contributed by atoms with Gasteiger partial charge in [0, 0.05) is 29.9 Å². The topological polar surface area (TPSA) is 88.2 Å². The third-order valence-electron chi connectivity index (χ3n) is 7.42. The van der Waals surface area contributed by atoms with E-state index in [0.29, 0.717) is 24.1 Å². The average Bonchev–Trinajstić information content (AvgIpc) is 3.62. The van der Waals surface area contributed by atoms with Crippen molar-refractivity contribution in [2.75, 3.05) is 42.5 Å². The van der Waals surface area contributed by atoms with Crippen molar-refractivity contribution in [1.29, 1.82) is 0 Å². The van der Waals surface area contributed by atoms with Gasteiger partial charge >= 0.3 is 0 Å². The van der Waals surface area contributed by atoms with Crippen LogP contribution in [0, 0.1) is 11.6 Å². The highest BCUT2D eigenvalue weighted by molar-refractivity contribution is 7.80. The summed E-state index contributed by atoms with van der Waals surface area (Å²) in [5.74, 6) is -1.68. The van der Waals surface area contributed by atoms with Crippen LogP contribution >= 0.6 is 12.2 Å². The normalized spacial score (nSPS) is 21.1. The van der Waals surface area contributed by atoms with E-state index in [1.165, 1.54) is 31.3 Å². The van der Waals surface area contributed by atoms with Crippen molar-refractivity contribution < 1.29 is 27.8 Å². The van der Waals surface area contributed by atoms with E-state index in [1.807, 2.05) is 11.0 Å². The summed E-state index contributed by atoms with van der Waals surface area (Å²) in [7, 11) is 2.63. The molecule has 39 heavy (non-hydrogen) atoms. The number of methoxy groups -OCH3 is 2. The van der Waals surface area contributed by atoms with Crippen LogP contribution in [0.1, 0.15) is 31.2 Å². The van der Waals surface area contributed by atoms with Crippen LogP contribution in [0.15, 0.2) is 31.0 Å². The number of nitrogens with one attached hydrogen (secondary N) is 2. The van der Waals surface area contributed by atoms with Crippen LogP contribution in [-0.2, 0) is 16.1 Å². The molecule has 208 valence electrons. The number of carbonyl (C=O) groups is 1. The molecule has 1 aromatic carbocycles. The lowest BCUT2D eigenvalue weighted by Crippen LogP contribution is -2.51. The van der Waals surface area contributed by atoms with Gasteiger partial charge < -0.3 is 34.6 Å². The molecular formula is C27H31F2N5O4S.